The molecule has 1 aromatic carbocycles. The average Bonchev–Trinajstić information content (AvgIpc) is 2.75. The number of amides is 1. The Morgan fingerprint density at radius 2 is 2.11 bits per heavy atom. The fourth-order valence-electron chi connectivity index (χ4n) is 2.46. The van der Waals surface area contributed by atoms with Crippen LogP contribution in [0.5, 0.6) is 0 Å². The topological polar surface area (TPSA) is 58.4 Å². The lowest BCUT2D eigenvalue weighted by atomic mass is 9.91. The van der Waals surface area contributed by atoms with Gasteiger partial charge in [0.2, 0.25) is 5.91 Å². The molecule has 2 rings (SSSR count). The van der Waals surface area contributed by atoms with Gasteiger partial charge in [0.1, 0.15) is 0 Å². The summed E-state index contributed by atoms with van der Waals surface area (Å²) >= 11 is 0. The van der Waals surface area contributed by atoms with Gasteiger partial charge in [-0.1, -0.05) is 18.2 Å². The molecule has 0 spiro atoms. The number of para-hydroxylation sites is 1. The van der Waals surface area contributed by atoms with Crippen LogP contribution in [0.4, 0.5) is 5.69 Å². The second-order valence-electron chi connectivity index (χ2n) is 5.99. The molecule has 1 fully saturated rings. The first-order valence-corrected chi connectivity index (χ1v) is 6.82. The summed E-state index contributed by atoms with van der Waals surface area (Å²) in [6.07, 6.45) is 1.02. The summed E-state index contributed by atoms with van der Waals surface area (Å²) in [7, 11) is 0. The molecule has 1 saturated heterocycles. The van der Waals surface area contributed by atoms with Crippen LogP contribution in [-0.4, -0.2) is 36.5 Å². The molecule has 0 saturated carbocycles. The number of nitrogens with zero attached hydrogens (tertiary/aromatic N) is 1. The van der Waals surface area contributed by atoms with Gasteiger partial charge in [-0.3, -0.25) is 4.79 Å². The number of hydrogen-bond donors (Lipinski definition) is 2. The van der Waals surface area contributed by atoms with Gasteiger partial charge in [0, 0.05) is 24.8 Å². The van der Waals surface area contributed by atoms with Crippen LogP contribution in [0.1, 0.15) is 20.3 Å². The van der Waals surface area contributed by atoms with Crippen LogP contribution >= 0.6 is 0 Å². The van der Waals surface area contributed by atoms with Gasteiger partial charge in [-0.25, -0.2) is 0 Å². The van der Waals surface area contributed by atoms with Crippen LogP contribution in [0.15, 0.2) is 30.3 Å². The normalized spacial score (nSPS) is 20.5. The zero-order valence-corrected chi connectivity index (χ0v) is 11.7. The molecule has 0 aromatic heterocycles. The summed E-state index contributed by atoms with van der Waals surface area (Å²) in [5.41, 5.74) is 6.33. The first kappa shape index (κ1) is 14.0. The smallest absolute Gasteiger partial charge is 0.231 e. The Hall–Kier alpha value is -1.39. The Bertz CT molecular complexity index is 430. The quantitative estimate of drug-likeness (QED) is 0.867. The number of rotatable bonds is 4. The molecule has 1 aliphatic heterocycles. The molecule has 1 atom stereocenters. The van der Waals surface area contributed by atoms with Gasteiger partial charge in [0.05, 0.1) is 5.41 Å². The van der Waals surface area contributed by atoms with Crippen molar-refractivity contribution >= 4 is 11.6 Å². The number of benzene rings is 1. The SMILES string of the molecule is CC(C)(CN1CC[C@@H](N)C1)C(=O)Nc1ccccc1. The summed E-state index contributed by atoms with van der Waals surface area (Å²) in [6.45, 7) is 6.59. The summed E-state index contributed by atoms with van der Waals surface area (Å²) < 4.78 is 0. The van der Waals surface area contributed by atoms with Gasteiger partial charge in [-0.2, -0.15) is 0 Å². The molecule has 4 heteroatoms. The fraction of sp³-hybridized carbons (Fsp3) is 0.533. The molecular formula is C15H23N3O. The summed E-state index contributed by atoms with van der Waals surface area (Å²) in [4.78, 5) is 14.6. The molecule has 1 amide bonds. The molecule has 0 unspecified atom stereocenters. The molecule has 1 aliphatic rings. The van der Waals surface area contributed by atoms with Crippen molar-refractivity contribution in [3.05, 3.63) is 30.3 Å². The summed E-state index contributed by atoms with van der Waals surface area (Å²) in [5.74, 6) is 0.0548. The minimum absolute atomic E-state index is 0.0548. The number of carbonyl (C=O) groups excluding carboxylic acids is 1. The average molecular weight is 261 g/mol. The third-order valence-corrected chi connectivity index (χ3v) is 3.57. The van der Waals surface area contributed by atoms with Gasteiger partial charge >= 0.3 is 0 Å². The van der Waals surface area contributed by atoms with E-state index in [1.165, 1.54) is 0 Å². The van der Waals surface area contributed by atoms with Crippen molar-refractivity contribution in [2.75, 3.05) is 25.0 Å². The first-order valence-electron chi connectivity index (χ1n) is 6.82. The maximum Gasteiger partial charge on any atom is 0.231 e. The number of anilines is 1. The van der Waals surface area contributed by atoms with E-state index in [2.05, 4.69) is 10.2 Å². The van der Waals surface area contributed by atoms with E-state index in [1.807, 2.05) is 44.2 Å². The third kappa shape index (κ3) is 3.78. The molecule has 0 aliphatic carbocycles. The van der Waals surface area contributed by atoms with Gasteiger partial charge in [0.15, 0.2) is 0 Å². The lowest BCUT2D eigenvalue weighted by Crippen LogP contribution is -2.42. The molecule has 3 N–H and O–H groups in total. The molecule has 0 bridgehead atoms. The minimum Gasteiger partial charge on any atom is -0.326 e. The van der Waals surface area contributed by atoms with E-state index in [4.69, 9.17) is 5.73 Å². The van der Waals surface area contributed by atoms with E-state index in [0.717, 1.165) is 31.7 Å². The highest BCUT2D eigenvalue weighted by molar-refractivity contribution is 5.94. The molecule has 19 heavy (non-hydrogen) atoms. The Balaban J connectivity index is 1.93. The maximum absolute atomic E-state index is 12.3. The second-order valence-corrected chi connectivity index (χ2v) is 5.99. The molecule has 104 valence electrons. The van der Waals surface area contributed by atoms with E-state index < -0.39 is 5.41 Å². The Kier molecular flexibility index (Phi) is 4.22. The third-order valence-electron chi connectivity index (χ3n) is 3.57. The number of nitrogens with one attached hydrogen (secondary N) is 1. The summed E-state index contributed by atoms with van der Waals surface area (Å²) in [6, 6.07) is 9.84. The second kappa shape index (κ2) is 5.72. The number of carbonyl (C=O) groups is 1. The van der Waals surface area contributed by atoms with Gasteiger partial charge in [-0.05, 0) is 38.9 Å². The molecule has 0 radical (unpaired) electrons. The highest BCUT2D eigenvalue weighted by Gasteiger charge is 2.32. The Morgan fingerprint density at radius 3 is 2.68 bits per heavy atom. The van der Waals surface area contributed by atoms with Gasteiger partial charge < -0.3 is 16.0 Å². The molecule has 1 heterocycles. The van der Waals surface area contributed by atoms with Crippen LogP contribution in [0, 0.1) is 5.41 Å². The van der Waals surface area contributed by atoms with Crippen LogP contribution in [0.2, 0.25) is 0 Å². The number of hydrogen-bond acceptors (Lipinski definition) is 3. The van der Waals surface area contributed by atoms with Crippen molar-refractivity contribution in [3.8, 4) is 0 Å². The predicted molar refractivity (Wildman–Crippen MR) is 77.9 cm³/mol. The highest BCUT2D eigenvalue weighted by atomic mass is 16.2. The lowest BCUT2D eigenvalue weighted by molar-refractivity contribution is -0.124. The van der Waals surface area contributed by atoms with Crippen molar-refractivity contribution in [3.63, 3.8) is 0 Å². The zero-order valence-electron chi connectivity index (χ0n) is 11.7. The standard InChI is InChI=1S/C15H23N3O/c1-15(2,11-18-9-8-12(16)10-18)14(19)17-13-6-4-3-5-7-13/h3-7,12H,8-11,16H2,1-2H3,(H,17,19)/t12-/m1/s1. The first-order chi connectivity index (χ1) is 8.97. The van der Waals surface area contributed by atoms with Crippen LogP contribution in [-0.2, 0) is 4.79 Å². The maximum atomic E-state index is 12.3. The largest absolute Gasteiger partial charge is 0.326 e. The molecule has 1 aromatic rings. The van der Waals surface area contributed by atoms with Gasteiger partial charge in [-0.15, -0.1) is 0 Å². The van der Waals surface area contributed by atoms with Gasteiger partial charge in [0.25, 0.3) is 0 Å². The van der Waals surface area contributed by atoms with Crippen molar-refractivity contribution in [1.29, 1.82) is 0 Å². The van der Waals surface area contributed by atoms with E-state index in [0.29, 0.717) is 0 Å². The lowest BCUT2D eigenvalue weighted by Gasteiger charge is -2.29. The van der Waals surface area contributed by atoms with Crippen molar-refractivity contribution in [1.82, 2.24) is 4.90 Å². The van der Waals surface area contributed by atoms with E-state index in [-0.39, 0.29) is 11.9 Å². The van der Waals surface area contributed by atoms with Crippen molar-refractivity contribution < 1.29 is 4.79 Å². The van der Waals surface area contributed by atoms with Crippen LogP contribution < -0.4 is 11.1 Å². The van der Waals surface area contributed by atoms with Crippen LogP contribution in [0.3, 0.4) is 0 Å². The van der Waals surface area contributed by atoms with Crippen molar-refractivity contribution in [2.45, 2.75) is 26.3 Å². The van der Waals surface area contributed by atoms with Crippen molar-refractivity contribution in [2.24, 2.45) is 11.1 Å². The molecular weight excluding hydrogens is 238 g/mol. The predicted octanol–water partition coefficient (Wildman–Crippen LogP) is 1.68. The Labute approximate surface area is 115 Å². The number of likely N-dealkylation sites (tertiary alicyclic amines) is 1. The number of nitrogens with two attached hydrogens (primary N) is 1. The Morgan fingerprint density at radius 1 is 1.42 bits per heavy atom. The minimum atomic E-state index is -0.417. The summed E-state index contributed by atoms with van der Waals surface area (Å²) in [5, 5.41) is 2.97. The monoisotopic (exact) mass is 261 g/mol. The molecule has 4 nitrogen and oxygen atoms in total. The van der Waals surface area contributed by atoms with E-state index in [1.54, 1.807) is 0 Å². The van der Waals surface area contributed by atoms with E-state index >= 15 is 0 Å². The van der Waals surface area contributed by atoms with E-state index in [9.17, 15) is 4.79 Å². The fourth-order valence-corrected chi connectivity index (χ4v) is 2.46. The highest BCUT2D eigenvalue weighted by Crippen LogP contribution is 2.22. The zero-order chi connectivity index (χ0) is 13.9. The van der Waals surface area contributed by atoms with Crippen LogP contribution in [0.25, 0.3) is 0 Å².